The van der Waals surface area contributed by atoms with Gasteiger partial charge in [0, 0.05) is 19.6 Å². The first-order valence-corrected chi connectivity index (χ1v) is 5.51. The van der Waals surface area contributed by atoms with Crippen LogP contribution in [-0.2, 0) is 4.79 Å². The first-order valence-electron chi connectivity index (χ1n) is 5.51. The van der Waals surface area contributed by atoms with Crippen LogP contribution in [0.3, 0.4) is 0 Å². The summed E-state index contributed by atoms with van der Waals surface area (Å²) < 4.78 is 0. The van der Waals surface area contributed by atoms with Crippen LogP contribution >= 0.6 is 0 Å². The highest BCUT2D eigenvalue weighted by molar-refractivity contribution is 5.77. The smallest absolute Gasteiger partial charge is 0.234 e. The Hall–Kier alpha value is -0.650. The first-order chi connectivity index (χ1) is 7.22. The van der Waals surface area contributed by atoms with E-state index in [0.717, 1.165) is 32.6 Å². The Bertz CT molecular complexity index is 199. The van der Waals surface area contributed by atoms with Crippen LogP contribution < -0.4 is 5.32 Å². The van der Waals surface area contributed by atoms with E-state index >= 15 is 0 Å². The second-order valence-corrected chi connectivity index (χ2v) is 4.01. The van der Waals surface area contributed by atoms with Crippen LogP contribution in [-0.4, -0.2) is 73.7 Å². The van der Waals surface area contributed by atoms with Crippen LogP contribution in [0.2, 0.25) is 0 Å². The average Bonchev–Trinajstić information content (AvgIpc) is 2.41. The highest BCUT2D eigenvalue weighted by Crippen LogP contribution is 1.99. The van der Waals surface area contributed by atoms with Gasteiger partial charge < -0.3 is 15.3 Å². The summed E-state index contributed by atoms with van der Waals surface area (Å²) in [5.74, 6) is 0.00797. The number of nitrogens with zero attached hydrogens (tertiary/aromatic N) is 2. The van der Waals surface area contributed by atoms with E-state index in [9.17, 15) is 4.79 Å². The molecule has 1 aliphatic rings. The molecule has 0 aliphatic carbocycles. The Morgan fingerprint density at radius 3 is 2.87 bits per heavy atom. The molecular formula is C10H21N3O2. The van der Waals surface area contributed by atoms with Gasteiger partial charge in [0.05, 0.1) is 13.2 Å². The normalized spacial score (nSPS) is 19.9. The third-order valence-corrected chi connectivity index (χ3v) is 2.61. The van der Waals surface area contributed by atoms with Crippen molar-refractivity contribution in [3.63, 3.8) is 0 Å². The second-order valence-electron chi connectivity index (χ2n) is 4.01. The molecule has 0 radical (unpaired) electrons. The van der Waals surface area contributed by atoms with E-state index in [1.54, 1.807) is 0 Å². The predicted octanol–water partition coefficient (Wildman–Crippen LogP) is -1.27. The summed E-state index contributed by atoms with van der Waals surface area (Å²) in [6.07, 6.45) is 1.11. The van der Waals surface area contributed by atoms with E-state index in [2.05, 4.69) is 22.2 Å². The molecule has 1 amide bonds. The van der Waals surface area contributed by atoms with E-state index in [1.807, 2.05) is 0 Å². The minimum atomic E-state index is 0.00797. The lowest BCUT2D eigenvalue weighted by Gasteiger charge is -2.19. The number of likely N-dealkylation sites (N-methyl/N-ethyl adjacent to an activating group) is 1. The van der Waals surface area contributed by atoms with Gasteiger partial charge in [0.2, 0.25) is 5.91 Å². The van der Waals surface area contributed by atoms with Gasteiger partial charge in [-0.15, -0.1) is 0 Å². The van der Waals surface area contributed by atoms with E-state index in [-0.39, 0.29) is 12.5 Å². The molecule has 15 heavy (non-hydrogen) atoms. The molecule has 1 rings (SSSR count). The molecule has 0 bridgehead atoms. The van der Waals surface area contributed by atoms with Crippen LogP contribution in [0.4, 0.5) is 0 Å². The van der Waals surface area contributed by atoms with Crippen LogP contribution in [0.25, 0.3) is 0 Å². The quantitative estimate of drug-likeness (QED) is 0.614. The zero-order chi connectivity index (χ0) is 11.1. The van der Waals surface area contributed by atoms with Crippen LogP contribution in [0.5, 0.6) is 0 Å². The summed E-state index contributed by atoms with van der Waals surface area (Å²) >= 11 is 0. The summed E-state index contributed by atoms with van der Waals surface area (Å²) in [5, 5.41) is 11.2. The number of carbonyl (C=O) groups excluding carboxylic acids is 1. The van der Waals surface area contributed by atoms with Crippen molar-refractivity contribution >= 4 is 5.91 Å². The van der Waals surface area contributed by atoms with Crippen molar-refractivity contribution in [3.05, 3.63) is 0 Å². The van der Waals surface area contributed by atoms with Crippen LogP contribution in [0.15, 0.2) is 0 Å². The van der Waals surface area contributed by atoms with Crippen molar-refractivity contribution in [1.29, 1.82) is 0 Å². The van der Waals surface area contributed by atoms with Crippen molar-refractivity contribution in [2.75, 3.05) is 52.9 Å². The molecule has 1 fully saturated rings. The van der Waals surface area contributed by atoms with Crippen molar-refractivity contribution < 1.29 is 9.90 Å². The predicted molar refractivity (Wildman–Crippen MR) is 58.6 cm³/mol. The summed E-state index contributed by atoms with van der Waals surface area (Å²) in [4.78, 5) is 15.8. The summed E-state index contributed by atoms with van der Waals surface area (Å²) in [5.41, 5.74) is 0. The van der Waals surface area contributed by atoms with Crippen molar-refractivity contribution in [1.82, 2.24) is 15.1 Å². The fraction of sp³-hybridized carbons (Fsp3) is 0.900. The van der Waals surface area contributed by atoms with Crippen LogP contribution in [0.1, 0.15) is 6.42 Å². The molecule has 0 aromatic rings. The number of hydrogen-bond acceptors (Lipinski definition) is 4. The Balaban J connectivity index is 2.22. The van der Waals surface area contributed by atoms with Crippen LogP contribution in [0, 0.1) is 0 Å². The molecule has 5 nitrogen and oxygen atoms in total. The minimum Gasteiger partial charge on any atom is -0.395 e. The Labute approximate surface area is 91.0 Å². The average molecular weight is 215 g/mol. The summed E-state index contributed by atoms with van der Waals surface area (Å²) in [6, 6.07) is 0. The molecule has 0 atom stereocenters. The first kappa shape index (κ1) is 12.4. The molecule has 0 aromatic carbocycles. The van der Waals surface area contributed by atoms with Gasteiger partial charge >= 0.3 is 0 Å². The molecule has 1 heterocycles. The monoisotopic (exact) mass is 215 g/mol. The third kappa shape index (κ3) is 5.11. The number of nitrogens with one attached hydrogen (secondary N) is 1. The zero-order valence-electron chi connectivity index (χ0n) is 9.41. The van der Waals surface area contributed by atoms with Gasteiger partial charge in [0.15, 0.2) is 0 Å². The largest absolute Gasteiger partial charge is 0.395 e. The molecule has 2 N–H and O–H groups in total. The summed E-state index contributed by atoms with van der Waals surface area (Å²) in [6.45, 7) is 4.87. The van der Waals surface area contributed by atoms with E-state index in [4.69, 9.17) is 5.11 Å². The molecule has 0 unspecified atom stereocenters. The molecule has 0 spiro atoms. The van der Waals surface area contributed by atoms with Crippen molar-refractivity contribution in [2.24, 2.45) is 0 Å². The lowest BCUT2D eigenvalue weighted by Crippen LogP contribution is -2.39. The maximum Gasteiger partial charge on any atom is 0.234 e. The van der Waals surface area contributed by atoms with E-state index < -0.39 is 0 Å². The topological polar surface area (TPSA) is 55.8 Å². The fourth-order valence-corrected chi connectivity index (χ4v) is 1.71. The van der Waals surface area contributed by atoms with Crippen molar-refractivity contribution in [3.8, 4) is 0 Å². The number of carbonyl (C=O) groups is 1. The highest BCUT2D eigenvalue weighted by Gasteiger charge is 2.14. The van der Waals surface area contributed by atoms with Gasteiger partial charge in [-0.25, -0.2) is 0 Å². The maximum atomic E-state index is 11.4. The lowest BCUT2D eigenvalue weighted by atomic mass is 10.4. The van der Waals surface area contributed by atoms with Gasteiger partial charge in [0.25, 0.3) is 0 Å². The number of aliphatic hydroxyl groups is 1. The fourth-order valence-electron chi connectivity index (χ4n) is 1.71. The molecule has 1 aliphatic heterocycles. The van der Waals surface area contributed by atoms with Crippen molar-refractivity contribution in [2.45, 2.75) is 6.42 Å². The SMILES string of the molecule is CN1CCCN(CC(=O)NCCO)CC1. The zero-order valence-corrected chi connectivity index (χ0v) is 9.41. The molecule has 88 valence electrons. The third-order valence-electron chi connectivity index (χ3n) is 2.61. The number of aliphatic hydroxyl groups excluding tert-OH is 1. The molecule has 5 heteroatoms. The minimum absolute atomic E-state index is 0.00797. The maximum absolute atomic E-state index is 11.4. The Kier molecular flexibility index (Phi) is 5.60. The van der Waals surface area contributed by atoms with Gasteiger partial charge in [-0.2, -0.15) is 0 Å². The van der Waals surface area contributed by atoms with E-state index in [0.29, 0.717) is 13.1 Å². The number of rotatable bonds is 4. The van der Waals surface area contributed by atoms with Gasteiger partial charge in [0.1, 0.15) is 0 Å². The highest BCUT2D eigenvalue weighted by atomic mass is 16.3. The van der Waals surface area contributed by atoms with Gasteiger partial charge in [-0.1, -0.05) is 0 Å². The molecule has 1 saturated heterocycles. The summed E-state index contributed by atoms with van der Waals surface area (Å²) in [7, 11) is 2.11. The standard InChI is InChI=1S/C10H21N3O2/c1-12-4-2-5-13(7-6-12)9-10(15)11-3-8-14/h14H,2-9H2,1H3,(H,11,15). The number of hydrogen-bond donors (Lipinski definition) is 2. The Morgan fingerprint density at radius 2 is 2.13 bits per heavy atom. The molecule has 0 saturated carbocycles. The molecule has 0 aromatic heterocycles. The second kappa shape index (κ2) is 6.76. The Morgan fingerprint density at radius 1 is 1.33 bits per heavy atom. The van der Waals surface area contributed by atoms with E-state index in [1.165, 1.54) is 0 Å². The number of amides is 1. The van der Waals surface area contributed by atoms with Gasteiger partial charge in [-0.05, 0) is 26.6 Å². The lowest BCUT2D eigenvalue weighted by molar-refractivity contribution is -0.122. The molecular weight excluding hydrogens is 194 g/mol. The van der Waals surface area contributed by atoms with Gasteiger partial charge in [-0.3, -0.25) is 9.69 Å².